The van der Waals surface area contributed by atoms with Crippen LogP contribution in [0, 0.1) is 0 Å². The Balaban J connectivity index is 1.52. The summed E-state index contributed by atoms with van der Waals surface area (Å²) < 4.78 is 1.74. The van der Waals surface area contributed by atoms with Crippen molar-refractivity contribution in [3.05, 3.63) is 70.6 Å². The quantitative estimate of drug-likeness (QED) is 0.639. The normalized spacial score (nSPS) is 13.0. The molecule has 8 nitrogen and oxygen atoms in total. The lowest BCUT2D eigenvalue weighted by atomic mass is 10.1. The van der Waals surface area contributed by atoms with E-state index in [0.29, 0.717) is 41.6 Å². The van der Waals surface area contributed by atoms with Gasteiger partial charge in [-0.1, -0.05) is 23.7 Å². The number of anilines is 2. The van der Waals surface area contributed by atoms with E-state index in [1.54, 1.807) is 52.1 Å². The van der Waals surface area contributed by atoms with E-state index in [1.807, 2.05) is 25.4 Å². The largest absolute Gasteiger partial charge is 0.359 e. The molecule has 0 atom stereocenters. The zero-order valence-corrected chi connectivity index (χ0v) is 18.1. The van der Waals surface area contributed by atoms with Crippen LogP contribution in [0.5, 0.6) is 0 Å². The Hall–Kier alpha value is -3.39. The number of amides is 2. The number of nitrogens with zero attached hydrogens (tertiary/aromatic N) is 5. The highest BCUT2D eigenvalue weighted by Crippen LogP contribution is 2.30. The lowest BCUT2D eigenvalue weighted by Gasteiger charge is -2.30. The third kappa shape index (κ3) is 4.69. The number of hydrogen-bond acceptors (Lipinski definition) is 5. The van der Waals surface area contributed by atoms with Crippen molar-refractivity contribution in [2.24, 2.45) is 7.05 Å². The fourth-order valence-corrected chi connectivity index (χ4v) is 3.59. The van der Waals surface area contributed by atoms with Crippen LogP contribution in [0.1, 0.15) is 21.5 Å². The van der Waals surface area contributed by atoms with Crippen LogP contribution in [0.2, 0.25) is 5.02 Å². The van der Waals surface area contributed by atoms with Crippen molar-refractivity contribution < 1.29 is 9.59 Å². The maximum atomic E-state index is 13.0. The number of carbonyl (C=O) groups excluding carboxylic acids is 2. The first kappa shape index (κ1) is 20.9. The first-order valence-electron chi connectivity index (χ1n) is 9.92. The smallest absolute Gasteiger partial charge is 0.255 e. The second-order valence-electron chi connectivity index (χ2n) is 7.55. The second kappa shape index (κ2) is 8.77. The maximum Gasteiger partial charge on any atom is 0.255 e. The van der Waals surface area contributed by atoms with Crippen LogP contribution in [0.4, 0.5) is 11.5 Å². The van der Waals surface area contributed by atoms with Gasteiger partial charge < -0.3 is 15.1 Å². The number of carbonyl (C=O) groups is 2. The van der Waals surface area contributed by atoms with E-state index in [4.69, 9.17) is 11.6 Å². The van der Waals surface area contributed by atoms with Crippen molar-refractivity contribution in [2.75, 3.05) is 30.4 Å². The summed E-state index contributed by atoms with van der Waals surface area (Å²) in [7, 11) is 3.62. The van der Waals surface area contributed by atoms with Gasteiger partial charge in [0.25, 0.3) is 5.91 Å². The lowest BCUT2D eigenvalue weighted by molar-refractivity contribution is -0.117. The molecule has 3 heterocycles. The number of pyridine rings is 1. The van der Waals surface area contributed by atoms with E-state index in [0.717, 1.165) is 11.1 Å². The second-order valence-corrected chi connectivity index (χ2v) is 7.99. The molecule has 0 saturated heterocycles. The monoisotopic (exact) mass is 438 g/mol. The van der Waals surface area contributed by atoms with Gasteiger partial charge in [-0.25, -0.2) is 4.98 Å². The zero-order chi connectivity index (χ0) is 22.0. The summed E-state index contributed by atoms with van der Waals surface area (Å²) in [5.41, 5.74) is 3.04. The van der Waals surface area contributed by atoms with Gasteiger partial charge in [0, 0.05) is 38.1 Å². The van der Waals surface area contributed by atoms with E-state index in [9.17, 15) is 9.59 Å². The molecular weight excluding hydrogens is 416 g/mol. The van der Waals surface area contributed by atoms with E-state index in [2.05, 4.69) is 15.4 Å². The van der Waals surface area contributed by atoms with Crippen LogP contribution in [0.3, 0.4) is 0 Å². The molecule has 31 heavy (non-hydrogen) atoms. The van der Waals surface area contributed by atoms with Crippen molar-refractivity contribution in [3.8, 4) is 0 Å². The minimum atomic E-state index is -0.149. The average molecular weight is 439 g/mol. The molecule has 2 amide bonds. The number of hydrogen-bond donors (Lipinski definition) is 1. The predicted octanol–water partition coefficient (Wildman–Crippen LogP) is 2.74. The molecule has 0 unspecified atom stereocenters. The van der Waals surface area contributed by atoms with E-state index in [1.165, 1.54) is 0 Å². The summed E-state index contributed by atoms with van der Waals surface area (Å²) in [4.78, 5) is 33.3. The van der Waals surface area contributed by atoms with Crippen LogP contribution in [0.25, 0.3) is 0 Å². The SMILES string of the molecule is CN(CCc1cnn(C)c1)C(=O)c1cnc2c(c1)N(Cc1ccc(Cl)cc1)C(=O)CN2. The fraction of sp³-hybridized carbons (Fsp3) is 0.273. The highest BCUT2D eigenvalue weighted by atomic mass is 35.5. The molecule has 1 aliphatic rings. The Kier molecular flexibility index (Phi) is 5.90. The van der Waals surface area contributed by atoms with E-state index in [-0.39, 0.29) is 18.4 Å². The van der Waals surface area contributed by atoms with Gasteiger partial charge in [0.05, 0.1) is 30.5 Å². The highest BCUT2D eigenvalue weighted by Gasteiger charge is 2.27. The number of benzene rings is 1. The standard InChI is InChI=1S/C22H23ClN6O2/c1-27(8-7-16-10-26-28(2)13-16)22(31)17-9-19-21(24-11-17)25-12-20(30)29(19)14-15-3-5-18(23)6-4-15/h3-6,9-11,13H,7-8,12,14H2,1-2H3,(H,24,25). The van der Waals surface area contributed by atoms with E-state index < -0.39 is 0 Å². The third-order valence-electron chi connectivity index (χ3n) is 5.21. The summed E-state index contributed by atoms with van der Waals surface area (Å²) in [5, 5.41) is 7.81. The summed E-state index contributed by atoms with van der Waals surface area (Å²) >= 11 is 5.97. The number of aryl methyl sites for hydroxylation is 1. The molecule has 0 spiro atoms. The number of likely N-dealkylation sites (N-methyl/N-ethyl adjacent to an activating group) is 1. The summed E-state index contributed by atoms with van der Waals surface area (Å²) in [6, 6.07) is 9.07. The van der Waals surface area contributed by atoms with Gasteiger partial charge in [-0.2, -0.15) is 5.10 Å². The summed E-state index contributed by atoms with van der Waals surface area (Å²) in [6.07, 6.45) is 5.98. The molecule has 1 aromatic carbocycles. The Morgan fingerprint density at radius 3 is 2.71 bits per heavy atom. The molecular formula is C22H23ClN6O2. The molecule has 0 fully saturated rings. The molecule has 3 aromatic rings. The van der Waals surface area contributed by atoms with Crippen LogP contribution in [-0.4, -0.2) is 51.6 Å². The van der Waals surface area contributed by atoms with Crippen LogP contribution >= 0.6 is 11.6 Å². The van der Waals surface area contributed by atoms with Crippen LogP contribution in [0.15, 0.2) is 48.9 Å². The van der Waals surface area contributed by atoms with Crippen LogP contribution in [-0.2, 0) is 24.8 Å². The summed E-state index contributed by atoms with van der Waals surface area (Å²) in [6.45, 7) is 1.08. The number of halogens is 1. The molecule has 0 bridgehead atoms. The molecule has 1 aliphatic heterocycles. The topological polar surface area (TPSA) is 83.4 Å². The van der Waals surface area contributed by atoms with Gasteiger partial charge in [0.15, 0.2) is 5.82 Å². The number of aromatic nitrogens is 3. The highest BCUT2D eigenvalue weighted by molar-refractivity contribution is 6.30. The van der Waals surface area contributed by atoms with Gasteiger partial charge in [0.2, 0.25) is 5.91 Å². The minimum Gasteiger partial charge on any atom is -0.359 e. The molecule has 0 radical (unpaired) electrons. The first-order valence-corrected chi connectivity index (χ1v) is 10.3. The zero-order valence-electron chi connectivity index (χ0n) is 17.4. The Bertz CT molecular complexity index is 1110. The van der Waals surface area contributed by atoms with Crippen molar-refractivity contribution in [2.45, 2.75) is 13.0 Å². The number of nitrogens with one attached hydrogen (secondary N) is 1. The lowest BCUT2D eigenvalue weighted by Crippen LogP contribution is -2.40. The fourth-order valence-electron chi connectivity index (χ4n) is 3.47. The summed E-state index contributed by atoms with van der Waals surface area (Å²) in [5.74, 6) is 0.352. The molecule has 2 aromatic heterocycles. The Labute approximate surface area is 185 Å². The average Bonchev–Trinajstić information content (AvgIpc) is 3.19. The third-order valence-corrected chi connectivity index (χ3v) is 5.46. The van der Waals surface area contributed by atoms with Crippen molar-refractivity contribution in [1.82, 2.24) is 19.7 Å². The van der Waals surface area contributed by atoms with Crippen molar-refractivity contribution in [1.29, 1.82) is 0 Å². The molecule has 160 valence electrons. The molecule has 1 N–H and O–H groups in total. The molecule has 9 heteroatoms. The molecule has 0 saturated carbocycles. The Morgan fingerprint density at radius 2 is 2.00 bits per heavy atom. The van der Waals surface area contributed by atoms with Gasteiger partial charge >= 0.3 is 0 Å². The minimum absolute atomic E-state index is 0.0845. The van der Waals surface area contributed by atoms with Gasteiger partial charge in [-0.15, -0.1) is 0 Å². The first-order chi connectivity index (χ1) is 14.9. The van der Waals surface area contributed by atoms with Gasteiger partial charge in [0.1, 0.15) is 0 Å². The molecule has 0 aliphatic carbocycles. The number of rotatable bonds is 6. The van der Waals surface area contributed by atoms with E-state index >= 15 is 0 Å². The Morgan fingerprint density at radius 1 is 1.23 bits per heavy atom. The predicted molar refractivity (Wildman–Crippen MR) is 119 cm³/mol. The van der Waals surface area contributed by atoms with Crippen molar-refractivity contribution in [3.63, 3.8) is 0 Å². The van der Waals surface area contributed by atoms with Gasteiger partial charge in [-0.05, 0) is 35.7 Å². The van der Waals surface area contributed by atoms with Crippen molar-refractivity contribution >= 4 is 34.9 Å². The van der Waals surface area contributed by atoms with Crippen LogP contribution < -0.4 is 10.2 Å². The molecule has 4 rings (SSSR count). The maximum absolute atomic E-state index is 13.0. The number of fused-ring (bicyclic) bond motifs is 1. The van der Waals surface area contributed by atoms with Gasteiger partial charge in [-0.3, -0.25) is 14.3 Å².